The van der Waals surface area contributed by atoms with Gasteiger partial charge in [0.05, 0.1) is 25.6 Å². The molecule has 2 aliphatic carbocycles. The fourth-order valence-electron chi connectivity index (χ4n) is 3.69. The van der Waals surface area contributed by atoms with Gasteiger partial charge in [-0.05, 0) is 38.0 Å². The van der Waals surface area contributed by atoms with Gasteiger partial charge in [0, 0.05) is 0 Å². The van der Waals surface area contributed by atoms with Gasteiger partial charge in [-0.1, -0.05) is 0 Å². The molecular weight excluding hydrogens is 208 g/mol. The maximum absolute atomic E-state index is 11.9. The van der Waals surface area contributed by atoms with E-state index in [-0.39, 0.29) is 23.8 Å². The van der Waals surface area contributed by atoms with Gasteiger partial charge in [0.2, 0.25) is 0 Å². The van der Waals surface area contributed by atoms with Crippen LogP contribution in [-0.2, 0) is 19.1 Å². The maximum Gasteiger partial charge on any atom is 0.312 e. The number of carbonyl (C=O) groups excluding carboxylic acids is 2. The highest BCUT2D eigenvalue weighted by Gasteiger charge is 2.63. The molecule has 0 aliphatic heterocycles. The molecule has 0 radical (unpaired) electrons. The van der Waals surface area contributed by atoms with E-state index in [4.69, 9.17) is 9.47 Å². The molecule has 0 aromatic heterocycles. The lowest BCUT2D eigenvalue weighted by molar-refractivity contribution is -0.169. The Morgan fingerprint density at radius 1 is 1.19 bits per heavy atom. The monoisotopic (exact) mass is 226 g/mol. The first-order valence-corrected chi connectivity index (χ1v) is 5.72. The van der Waals surface area contributed by atoms with Crippen molar-refractivity contribution in [3.05, 3.63) is 0 Å². The number of hydrogen-bond donors (Lipinski definition) is 0. The SMILES string of the molecule is COC(=O)[C@H]1[C@H]2CC[C@@H](C2)[C@@]1(C)C(=O)OC. The largest absolute Gasteiger partial charge is 0.469 e. The summed E-state index contributed by atoms with van der Waals surface area (Å²) in [5.41, 5.74) is -0.676. The van der Waals surface area contributed by atoms with Crippen molar-refractivity contribution in [2.75, 3.05) is 14.2 Å². The Bertz CT molecular complexity index is 325. The number of hydrogen-bond acceptors (Lipinski definition) is 4. The van der Waals surface area contributed by atoms with Gasteiger partial charge in [-0.3, -0.25) is 9.59 Å². The molecule has 4 heteroatoms. The second-order valence-corrected chi connectivity index (χ2v) is 5.05. The minimum Gasteiger partial charge on any atom is -0.469 e. The van der Waals surface area contributed by atoms with E-state index in [0.29, 0.717) is 5.92 Å². The highest BCUT2D eigenvalue weighted by molar-refractivity contribution is 5.86. The van der Waals surface area contributed by atoms with Crippen molar-refractivity contribution in [3.8, 4) is 0 Å². The summed E-state index contributed by atoms with van der Waals surface area (Å²) in [6, 6.07) is 0. The molecular formula is C12H18O4. The Morgan fingerprint density at radius 2 is 1.88 bits per heavy atom. The van der Waals surface area contributed by atoms with E-state index >= 15 is 0 Å². The molecule has 0 unspecified atom stereocenters. The minimum atomic E-state index is -0.676. The molecule has 2 fully saturated rings. The fraction of sp³-hybridized carbons (Fsp3) is 0.833. The zero-order valence-corrected chi connectivity index (χ0v) is 9.99. The highest BCUT2D eigenvalue weighted by atomic mass is 16.5. The van der Waals surface area contributed by atoms with Crippen LogP contribution in [0.25, 0.3) is 0 Å². The molecule has 16 heavy (non-hydrogen) atoms. The number of ether oxygens (including phenoxy) is 2. The summed E-state index contributed by atoms with van der Waals surface area (Å²) in [6.45, 7) is 1.85. The molecule has 2 saturated carbocycles. The minimum absolute atomic E-state index is 0.264. The number of esters is 2. The molecule has 0 N–H and O–H groups in total. The van der Waals surface area contributed by atoms with Crippen LogP contribution in [-0.4, -0.2) is 26.2 Å². The van der Waals surface area contributed by atoms with E-state index in [1.165, 1.54) is 14.2 Å². The summed E-state index contributed by atoms with van der Waals surface area (Å²) >= 11 is 0. The van der Waals surface area contributed by atoms with Gasteiger partial charge >= 0.3 is 11.9 Å². The van der Waals surface area contributed by atoms with Crippen molar-refractivity contribution >= 4 is 11.9 Å². The molecule has 2 rings (SSSR count). The predicted molar refractivity (Wildman–Crippen MR) is 56.5 cm³/mol. The van der Waals surface area contributed by atoms with Crippen molar-refractivity contribution in [2.24, 2.45) is 23.2 Å². The van der Waals surface area contributed by atoms with E-state index < -0.39 is 5.41 Å². The van der Waals surface area contributed by atoms with Crippen molar-refractivity contribution in [1.29, 1.82) is 0 Å². The molecule has 2 aliphatic rings. The van der Waals surface area contributed by atoms with E-state index in [9.17, 15) is 9.59 Å². The average Bonchev–Trinajstić information content (AvgIpc) is 2.86. The molecule has 0 saturated heterocycles. The lowest BCUT2D eigenvalue weighted by Gasteiger charge is -2.36. The summed E-state index contributed by atoms with van der Waals surface area (Å²) in [4.78, 5) is 23.7. The van der Waals surface area contributed by atoms with Crippen LogP contribution < -0.4 is 0 Å². The second-order valence-electron chi connectivity index (χ2n) is 5.05. The summed E-state index contributed by atoms with van der Waals surface area (Å²) in [7, 11) is 2.76. The van der Waals surface area contributed by atoms with Gasteiger partial charge in [-0.25, -0.2) is 0 Å². The molecule has 4 nitrogen and oxygen atoms in total. The molecule has 0 aromatic carbocycles. The molecule has 90 valence electrons. The molecule has 0 aromatic rings. The van der Waals surface area contributed by atoms with Gasteiger partial charge in [0.15, 0.2) is 0 Å². The van der Waals surface area contributed by atoms with Gasteiger partial charge in [0.1, 0.15) is 0 Å². The zero-order valence-electron chi connectivity index (χ0n) is 9.99. The number of rotatable bonds is 2. The van der Waals surface area contributed by atoms with E-state index in [1.54, 1.807) is 0 Å². The van der Waals surface area contributed by atoms with Gasteiger partial charge in [0.25, 0.3) is 0 Å². The fourth-order valence-corrected chi connectivity index (χ4v) is 3.69. The van der Waals surface area contributed by atoms with Gasteiger partial charge < -0.3 is 9.47 Å². The van der Waals surface area contributed by atoms with Crippen LogP contribution in [0.2, 0.25) is 0 Å². The zero-order chi connectivity index (χ0) is 11.9. The quantitative estimate of drug-likeness (QED) is 0.667. The Labute approximate surface area is 95.3 Å². The first-order chi connectivity index (χ1) is 7.55. The summed E-state index contributed by atoms with van der Waals surface area (Å²) in [5.74, 6) is -0.283. The number of carbonyl (C=O) groups is 2. The first-order valence-electron chi connectivity index (χ1n) is 5.72. The van der Waals surface area contributed by atoms with Gasteiger partial charge in [-0.15, -0.1) is 0 Å². The Hall–Kier alpha value is -1.06. The molecule has 2 bridgehead atoms. The standard InChI is InChI=1S/C12H18O4/c1-12(11(14)16-3)8-5-4-7(6-8)9(12)10(13)15-2/h7-9H,4-6H2,1-3H3/t7-,8-,9+,12+/m0/s1. The molecule has 0 amide bonds. The van der Waals surface area contributed by atoms with E-state index in [1.807, 2.05) is 6.92 Å². The lowest BCUT2D eigenvalue weighted by atomic mass is 9.67. The maximum atomic E-state index is 11.9. The Morgan fingerprint density at radius 3 is 2.44 bits per heavy atom. The molecule has 0 heterocycles. The normalized spacial score (nSPS) is 40.8. The molecule has 0 spiro atoms. The van der Waals surface area contributed by atoms with Crippen molar-refractivity contribution in [1.82, 2.24) is 0 Å². The lowest BCUT2D eigenvalue weighted by Crippen LogP contribution is -2.45. The average molecular weight is 226 g/mol. The number of methoxy groups -OCH3 is 2. The van der Waals surface area contributed by atoms with Crippen LogP contribution in [0.5, 0.6) is 0 Å². The van der Waals surface area contributed by atoms with Crippen LogP contribution in [0, 0.1) is 23.2 Å². The second kappa shape index (κ2) is 3.75. The van der Waals surface area contributed by atoms with Crippen LogP contribution in [0.3, 0.4) is 0 Å². The summed E-state index contributed by atoms with van der Waals surface area (Å²) < 4.78 is 9.70. The summed E-state index contributed by atoms with van der Waals surface area (Å²) in [6.07, 6.45) is 2.99. The van der Waals surface area contributed by atoms with Crippen molar-refractivity contribution < 1.29 is 19.1 Å². The predicted octanol–water partition coefficient (Wildman–Crippen LogP) is 1.38. The Kier molecular flexibility index (Phi) is 2.68. The topological polar surface area (TPSA) is 52.6 Å². The Balaban J connectivity index is 2.34. The third-order valence-corrected chi connectivity index (χ3v) is 4.52. The summed E-state index contributed by atoms with van der Waals surface area (Å²) in [5, 5.41) is 0. The third-order valence-electron chi connectivity index (χ3n) is 4.52. The van der Waals surface area contributed by atoms with E-state index in [0.717, 1.165) is 19.3 Å². The first kappa shape index (κ1) is 11.4. The van der Waals surface area contributed by atoms with Crippen molar-refractivity contribution in [3.63, 3.8) is 0 Å². The highest BCUT2D eigenvalue weighted by Crippen LogP contribution is 2.60. The van der Waals surface area contributed by atoms with Crippen LogP contribution in [0.1, 0.15) is 26.2 Å². The van der Waals surface area contributed by atoms with Crippen LogP contribution in [0.4, 0.5) is 0 Å². The van der Waals surface area contributed by atoms with Crippen molar-refractivity contribution in [2.45, 2.75) is 26.2 Å². The number of fused-ring (bicyclic) bond motifs is 2. The van der Waals surface area contributed by atoms with Crippen LogP contribution in [0.15, 0.2) is 0 Å². The third kappa shape index (κ3) is 1.28. The van der Waals surface area contributed by atoms with E-state index in [2.05, 4.69) is 0 Å². The van der Waals surface area contributed by atoms with Gasteiger partial charge in [-0.2, -0.15) is 0 Å². The molecule has 4 atom stereocenters. The van der Waals surface area contributed by atoms with Crippen LogP contribution >= 0.6 is 0 Å². The smallest absolute Gasteiger partial charge is 0.312 e.